The highest BCUT2D eigenvalue weighted by atomic mass is 35.5. The average molecular weight is 212 g/mol. The van der Waals surface area contributed by atoms with Crippen LogP contribution in [-0.2, 0) is 0 Å². The van der Waals surface area contributed by atoms with Crippen LogP contribution < -0.4 is 5.32 Å². The third-order valence-electron chi connectivity index (χ3n) is 2.46. The summed E-state index contributed by atoms with van der Waals surface area (Å²) >= 11 is 6.26. The molecule has 1 rings (SSSR count). The highest BCUT2D eigenvalue weighted by molar-refractivity contribution is 6.32. The van der Waals surface area contributed by atoms with Crippen LogP contribution in [0.1, 0.15) is 37.4 Å². The van der Waals surface area contributed by atoms with Gasteiger partial charge in [-0.1, -0.05) is 43.6 Å². The molecule has 0 spiro atoms. The van der Waals surface area contributed by atoms with Crippen molar-refractivity contribution < 1.29 is 0 Å². The molecule has 0 aliphatic carbocycles. The molecule has 0 radical (unpaired) electrons. The van der Waals surface area contributed by atoms with Crippen LogP contribution in [-0.4, -0.2) is 6.54 Å². The van der Waals surface area contributed by atoms with Gasteiger partial charge in [-0.05, 0) is 31.0 Å². The molecule has 0 fully saturated rings. The van der Waals surface area contributed by atoms with Crippen molar-refractivity contribution in [1.29, 1.82) is 0 Å². The van der Waals surface area contributed by atoms with Gasteiger partial charge in [0, 0.05) is 11.1 Å². The predicted molar refractivity (Wildman–Crippen MR) is 62.9 cm³/mol. The normalized spacial score (nSPS) is 12.9. The minimum absolute atomic E-state index is 0.382. The third-order valence-corrected chi connectivity index (χ3v) is 2.97. The summed E-state index contributed by atoms with van der Waals surface area (Å²) in [7, 11) is 0. The molecule has 1 nitrogen and oxygen atoms in total. The zero-order valence-electron chi connectivity index (χ0n) is 9.10. The quantitative estimate of drug-likeness (QED) is 0.801. The van der Waals surface area contributed by atoms with Crippen LogP contribution in [0.25, 0.3) is 0 Å². The van der Waals surface area contributed by atoms with E-state index in [1.807, 2.05) is 13.0 Å². The largest absolute Gasteiger partial charge is 0.310 e. The van der Waals surface area contributed by atoms with E-state index in [9.17, 15) is 0 Å². The molecule has 0 aromatic heterocycles. The molecule has 1 atom stereocenters. The second-order valence-corrected chi connectivity index (χ2v) is 3.87. The Bertz CT molecular complexity index is 296. The van der Waals surface area contributed by atoms with Crippen LogP contribution in [0.3, 0.4) is 0 Å². The van der Waals surface area contributed by atoms with E-state index in [0.29, 0.717) is 6.04 Å². The lowest BCUT2D eigenvalue weighted by Gasteiger charge is -2.18. The van der Waals surface area contributed by atoms with E-state index < -0.39 is 0 Å². The predicted octanol–water partition coefficient (Wildman–Crippen LogP) is 3.71. The molecule has 0 aliphatic heterocycles. The van der Waals surface area contributed by atoms with Crippen LogP contribution in [0.15, 0.2) is 18.2 Å². The summed E-state index contributed by atoms with van der Waals surface area (Å²) in [6.07, 6.45) is 1.07. The van der Waals surface area contributed by atoms with E-state index in [-0.39, 0.29) is 0 Å². The summed E-state index contributed by atoms with van der Waals surface area (Å²) in [5.41, 5.74) is 2.37. The third kappa shape index (κ3) is 2.49. The lowest BCUT2D eigenvalue weighted by molar-refractivity contribution is 0.537. The molecule has 0 heterocycles. The topological polar surface area (TPSA) is 12.0 Å². The van der Waals surface area contributed by atoms with E-state index in [4.69, 9.17) is 11.6 Å². The standard InChI is InChI=1S/C12H18ClN/c1-4-11(14-5-2)10-8-6-7-9(3)12(10)13/h6-8,11,14H,4-5H2,1-3H3. The molecule has 1 aromatic carbocycles. The Hall–Kier alpha value is -0.530. The van der Waals surface area contributed by atoms with Crippen molar-refractivity contribution in [2.45, 2.75) is 33.2 Å². The van der Waals surface area contributed by atoms with Gasteiger partial charge < -0.3 is 5.32 Å². The zero-order chi connectivity index (χ0) is 10.6. The Balaban J connectivity index is 2.97. The first-order valence-electron chi connectivity index (χ1n) is 5.19. The van der Waals surface area contributed by atoms with Gasteiger partial charge in [0.25, 0.3) is 0 Å². The van der Waals surface area contributed by atoms with Crippen LogP contribution in [0.2, 0.25) is 5.02 Å². The van der Waals surface area contributed by atoms with E-state index in [0.717, 1.165) is 23.6 Å². The van der Waals surface area contributed by atoms with E-state index in [1.165, 1.54) is 5.56 Å². The fourth-order valence-electron chi connectivity index (χ4n) is 1.66. The number of nitrogens with one attached hydrogen (secondary N) is 1. The number of aryl methyl sites for hydroxylation is 1. The van der Waals surface area contributed by atoms with Crippen LogP contribution in [0.5, 0.6) is 0 Å². The van der Waals surface area contributed by atoms with Gasteiger partial charge in [-0.3, -0.25) is 0 Å². The molecule has 1 N–H and O–H groups in total. The van der Waals surface area contributed by atoms with Gasteiger partial charge in [0.15, 0.2) is 0 Å². The molecule has 1 unspecified atom stereocenters. The summed E-state index contributed by atoms with van der Waals surface area (Å²) in [6, 6.07) is 6.60. The Morgan fingerprint density at radius 3 is 2.64 bits per heavy atom. The second-order valence-electron chi connectivity index (χ2n) is 3.50. The molecule has 78 valence electrons. The van der Waals surface area contributed by atoms with Gasteiger partial charge >= 0.3 is 0 Å². The number of hydrogen-bond donors (Lipinski definition) is 1. The zero-order valence-corrected chi connectivity index (χ0v) is 9.86. The molecule has 0 aliphatic rings. The molecular formula is C12H18ClN. The lowest BCUT2D eigenvalue weighted by Crippen LogP contribution is -2.20. The van der Waals surface area contributed by atoms with E-state index in [1.54, 1.807) is 0 Å². The molecule has 0 saturated carbocycles. The number of hydrogen-bond acceptors (Lipinski definition) is 1. The molecular weight excluding hydrogens is 194 g/mol. The molecule has 2 heteroatoms. The summed E-state index contributed by atoms with van der Waals surface area (Å²) in [4.78, 5) is 0. The van der Waals surface area contributed by atoms with Gasteiger partial charge in [-0.25, -0.2) is 0 Å². The number of benzene rings is 1. The fourth-order valence-corrected chi connectivity index (χ4v) is 1.92. The van der Waals surface area contributed by atoms with E-state index in [2.05, 4.69) is 31.3 Å². The first-order valence-corrected chi connectivity index (χ1v) is 5.56. The Morgan fingerprint density at radius 1 is 1.36 bits per heavy atom. The molecule has 0 saturated heterocycles. The Kier molecular flexibility index (Phi) is 4.43. The maximum atomic E-state index is 6.26. The van der Waals surface area contributed by atoms with Crippen molar-refractivity contribution in [3.05, 3.63) is 34.3 Å². The summed E-state index contributed by atoms with van der Waals surface area (Å²) in [6.45, 7) is 7.31. The van der Waals surface area contributed by atoms with E-state index >= 15 is 0 Å². The summed E-state index contributed by atoms with van der Waals surface area (Å²) in [5.74, 6) is 0. The first-order chi connectivity index (χ1) is 6.70. The second kappa shape index (κ2) is 5.38. The molecule has 1 aromatic rings. The monoisotopic (exact) mass is 211 g/mol. The van der Waals surface area contributed by atoms with Crippen molar-refractivity contribution in [3.8, 4) is 0 Å². The minimum Gasteiger partial charge on any atom is -0.310 e. The fraction of sp³-hybridized carbons (Fsp3) is 0.500. The minimum atomic E-state index is 0.382. The first kappa shape index (κ1) is 11.5. The van der Waals surface area contributed by atoms with Crippen LogP contribution in [0.4, 0.5) is 0 Å². The van der Waals surface area contributed by atoms with Crippen molar-refractivity contribution >= 4 is 11.6 Å². The average Bonchev–Trinajstić information content (AvgIpc) is 2.19. The van der Waals surface area contributed by atoms with Gasteiger partial charge in [0.05, 0.1) is 0 Å². The molecule has 0 amide bonds. The van der Waals surface area contributed by atoms with Gasteiger partial charge in [-0.2, -0.15) is 0 Å². The van der Waals surface area contributed by atoms with Gasteiger partial charge in [0.1, 0.15) is 0 Å². The van der Waals surface area contributed by atoms with Crippen molar-refractivity contribution in [3.63, 3.8) is 0 Å². The molecule has 0 bridgehead atoms. The number of rotatable bonds is 4. The Labute approximate surface area is 91.5 Å². The SMILES string of the molecule is CCNC(CC)c1cccc(C)c1Cl. The maximum Gasteiger partial charge on any atom is 0.0482 e. The van der Waals surface area contributed by atoms with Crippen molar-refractivity contribution in [1.82, 2.24) is 5.32 Å². The van der Waals surface area contributed by atoms with Crippen LogP contribution >= 0.6 is 11.6 Å². The van der Waals surface area contributed by atoms with Crippen molar-refractivity contribution in [2.75, 3.05) is 6.54 Å². The van der Waals surface area contributed by atoms with Gasteiger partial charge in [-0.15, -0.1) is 0 Å². The number of halogens is 1. The summed E-state index contributed by atoms with van der Waals surface area (Å²) < 4.78 is 0. The molecule has 14 heavy (non-hydrogen) atoms. The van der Waals surface area contributed by atoms with Crippen LogP contribution in [0, 0.1) is 6.92 Å². The maximum absolute atomic E-state index is 6.26. The smallest absolute Gasteiger partial charge is 0.0482 e. The highest BCUT2D eigenvalue weighted by Gasteiger charge is 2.11. The highest BCUT2D eigenvalue weighted by Crippen LogP contribution is 2.27. The lowest BCUT2D eigenvalue weighted by atomic mass is 10.0. The van der Waals surface area contributed by atoms with Gasteiger partial charge in [0.2, 0.25) is 0 Å². The van der Waals surface area contributed by atoms with Crippen molar-refractivity contribution in [2.24, 2.45) is 0 Å². The summed E-state index contributed by atoms with van der Waals surface area (Å²) in [5, 5.41) is 4.34. The Morgan fingerprint density at radius 2 is 2.07 bits per heavy atom.